The van der Waals surface area contributed by atoms with E-state index in [0.29, 0.717) is 24.2 Å². The molecule has 6 heteroatoms. The van der Waals surface area contributed by atoms with Gasteiger partial charge in [-0.2, -0.15) is 0 Å². The van der Waals surface area contributed by atoms with E-state index in [0.717, 1.165) is 49.0 Å². The van der Waals surface area contributed by atoms with Gasteiger partial charge in [-0.05, 0) is 61.6 Å². The number of nitrogens with one attached hydrogen (secondary N) is 1. The molecule has 4 rings (SSSR count). The molecule has 0 aromatic heterocycles. The van der Waals surface area contributed by atoms with Gasteiger partial charge in [0, 0.05) is 44.2 Å². The Hall–Kier alpha value is -3.15. The average Bonchev–Trinajstić information content (AvgIpc) is 2.78. The monoisotopic (exact) mass is 419 g/mol. The highest BCUT2D eigenvalue weighted by Crippen LogP contribution is 2.29. The molecule has 0 bridgehead atoms. The zero-order chi connectivity index (χ0) is 22.0. The Morgan fingerprint density at radius 1 is 0.935 bits per heavy atom. The Labute approximate surface area is 183 Å². The number of rotatable bonds is 3. The number of amides is 3. The second-order valence-electron chi connectivity index (χ2n) is 8.57. The van der Waals surface area contributed by atoms with E-state index in [-0.39, 0.29) is 17.7 Å². The maximum Gasteiger partial charge on any atom is 0.254 e. The van der Waals surface area contributed by atoms with Crippen LogP contribution < -0.4 is 5.32 Å². The first-order valence-corrected chi connectivity index (χ1v) is 11.0. The first kappa shape index (κ1) is 21.1. The van der Waals surface area contributed by atoms with E-state index in [1.807, 2.05) is 54.3 Å². The average molecular weight is 420 g/mol. The van der Waals surface area contributed by atoms with Crippen LogP contribution in [0, 0.1) is 6.92 Å². The van der Waals surface area contributed by atoms with Gasteiger partial charge >= 0.3 is 0 Å². The number of anilines is 1. The van der Waals surface area contributed by atoms with Crippen LogP contribution in [0.3, 0.4) is 0 Å². The molecular formula is C25H29N3O3. The lowest BCUT2D eigenvalue weighted by molar-refractivity contribution is -0.137. The molecule has 1 saturated heterocycles. The van der Waals surface area contributed by atoms with Crippen molar-refractivity contribution >= 4 is 23.4 Å². The Balaban J connectivity index is 1.67. The highest BCUT2D eigenvalue weighted by Gasteiger charge is 2.37. The molecule has 1 atom stereocenters. The van der Waals surface area contributed by atoms with E-state index in [9.17, 15) is 14.4 Å². The van der Waals surface area contributed by atoms with Crippen molar-refractivity contribution in [1.29, 1.82) is 0 Å². The zero-order valence-corrected chi connectivity index (χ0v) is 18.2. The molecule has 2 aliphatic heterocycles. The van der Waals surface area contributed by atoms with Crippen LogP contribution in [0.2, 0.25) is 0 Å². The van der Waals surface area contributed by atoms with Crippen molar-refractivity contribution in [2.75, 3.05) is 18.4 Å². The third-order valence-electron chi connectivity index (χ3n) is 6.17. The van der Waals surface area contributed by atoms with E-state index in [1.54, 1.807) is 4.90 Å². The predicted octanol–water partition coefficient (Wildman–Crippen LogP) is 3.53. The molecular weight excluding hydrogens is 390 g/mol. The van der Waals surface area contributed by atoms with E-state index < -0.39 is 6.04 Å². The van der Waals surface area contributed by atoms with Crippen LogP contribution in [0.15, 0.2) is 42.5 Å². The maximum atomic E-state index is 13.5. The summed E-state index contributed by atoms with van der Waals surface area (Å²) in [5.41, 5.74) is 4.39. The van der Waals surface area contributed by atoms with Gasteiger partial charge in [-0.25, -0.2) is 0 Å². The molecule has 2 aromatic rings. The van der Waals surface area contributed by atoms with Gasteiger partial charge in [0.1, 0.15) is 6.04 Å². The number of fused-ring (bicyclic) bond motifs is 1. The van der Waals surface area contributed by atoms with E-state index >= 15 is 0 Å². The largest absolute Gasteiger partial charge is 0.341 e. The summed E-state index contributed by atoms with van der Waals surface area (Å²) in [6, 6.07) is 12.7. The number of nitrogens with zero attached hydrogens (tertiary/aromatic N) is 2. The molecule has 0 unspecified atom stereocenters. The van der Waals surface area contributed by atoms with Crippen LogP contribution in [-0.4, -0.2) is 46.7 Å². The summed E-state index contributed by atoms with van der Waals surface area (Å²) in [5.74, 6) is -0.232. The fraction of sp³-hybridized carbons (Fsp3) is 0.400. The normalized spacial score (nSPS) is 18.3. The number of piperidine rings is 1. The van der Waals surface area contributed by atoms with Gasteiger partial charge in [0.25, 0.3) is 5.91 Å². The van der Waals surface area contributed by atoms with E-state index in [4.69, 9.17) is 0 Å². The molecule has 0 aliphatic carbocycles. The SMILES string of the molecule is CC(=O)Nc1ccc2c(c1)CN(C(=O)c1ccc(C)cc1)[C@@H](C(=O)N1CCCCC1)C2. The first-order chi connectivity index (χ1) is 14.9. The van der Waals surface area contributed by atoms with Crippen molar-refractivity contribution in [3.8, 4) is 0 Å². The summed E-state index contributed by atoms with van der Waals surface area (Å²) < 4.78 is 0. The van der Waals surface area contributed by atoms with E-state index in [1.165, 1.54) is 6.92 Å². The van der Waals surface area contributed by atoms with Crippen molar-refractivity contribution in [3.05, 3.63) is 64.7 Å². The molecule has 6 nitrogen and oxygen atoms in total. The van der Waals surface area contributed by atoms with Crippen molar-refractivity contribution in [2.45, 2.75) is 52.1 Å². The molecule has 0 radical (unpaired) electrons. The first-order valence-electron chi connectivity index (χ1n) is 11.0. The highest BCUT2D eigenvalue weighted by atomic mass is 16.2. The van der Waals surface area contributed by atoms with Crippen molar-refractivity contribution in [1.82, 2.24) is 9.80 Å². The lowest BCUT2D eigenvalue weighted by atomic mass is 9.91. The van der Waals surface area contributed by atoms with Crippen molar-refractivity contribution in [3.63, 3.8) is 0 Å². The molecule has 0 saturated carbocycles. The Kier molecular flexibility index (Phi) is 6.07. The van der Waals surface area contributed by atoms with Crippen LogP contribution >= 0.6 is 0 Å². The van der Waals surface area contributed by atoms with Crippen LogP contribution in [0.25, 0.3) is 0 Å². The van der Waals surface area contributed by atoms with E-state index in [2.05, 4.69) is 5.32 Å². The maximum absolute atomic E-state index is 13.5. The molecule has 162 valence electrons. The fourth-order valence-corrected chi connectivity index (χ4v) is 4.49. The summed E-state index contributed by atoms with van der Waals surface area (Å²) >= 11 is 0. The zero-order valence-electron chi connectivity index (χ0n) is 18.2. The summed E-state index contributed by atoms with van der Waals surface area (Å²) in [4.78, 5) is 42.0. The third-order valence-corrected chi connectivity index (χ3v) is 6.17. The van der Waals surface area contributed by atoms with Gasteiger partial charge in [-0.15, -0.1) is 0 Å². The summed E-state index contributed by atoms with van der Waals surface area (Å²) in [5, 5.41) is 2.81. The lowest BCUT2D eigenvalue weighted by Crippen LogP contribution is -2.54. The van der Waals surface area contributed by atoms with Crippen LogP contribution in [-0.2, 0) is 22.6 Å². The minimum absolute atomic E-state index is 0.0387. The van der Waals surface area contributed by atoms with Crippen LogP contribution in [0.4, 0.5) is 5.69 Å². The number of carbonyl (C=O) groups is 3. The topological polar surface area (TPSA) is 69.7 Å². The molecule has 0 spiro atoms. The molecule has 2 aliphatic rings. The minimum Gasteiger partial charge on any atom is -0.341 e. The van der Waals surface area contributed by atoms with Crippen molar-refractivity contribution in [2.24, 2.45) is 0 Å². The summed E-state index contributed by atoms with van der Waals surface area (Å²) in [7, 11) is 0. The molecule has 2 aromatic carbocycles. The second kappa shape index (κ2) is 8.92. The number of carbonyl (C=O) groups excluding carboxylic acids is 3. The second-order valence-corrected chi connectivity index (χ2v) is 8.57. The fourth-order valence-electron chi connectivity index (χ4n) is 4.49. The number of hydrogen-bond donors (Lipinski definition) is 1. The number of likely N-dealkylation sites (tertiary alicyclic amines) is 1. The standard InChI is InChI=1S/C25H29N3O3/c1-17-6-8-19(9-7-17)24(30)28-16-21-14-22(26-18(2)29)11-10-20(21)15-23(28)25(31)27-12-4-3-5-13-27/h6-11,14,23H,3-5,12-13,15-16H2,1-2H3,(H,26,29)/t23-/m1/s1. The smallest absolute Gasteiger partial charge is 0.254 e. The molecule has 3 amide bonds. The summed E-state index contributed by atoms with van der Waals surface area (Å²) in [6.07, 6.45) is 3.67. The summed E-state index contributed by atoms with van der Waals surface area (Å²) in [6.45, 7) is 5.32. The molecule has 1 fully saturated rings. The van der Waals surface area contributed by atoms with Gasteiger partial charge in [-0.3, -0.25) is 14.4 Å². The molecule has 1 N–H and O–H groups in total. The predicted molar refractivity (Wildman–Crippen MR) is 120 cm³/mol. The Bertz CT molecular complexity index is 994. The molecule has 31 heavy (non-hydrogen) atoms. The Morgan fingerprint density at radius 2 is 1.65 bits per heavy atom. The third kappa shape index (κ3) is 4.63. The highest BCUT2D eigenvalue weighted by molar-refractivity contribution is 5.98. The van der Waals surface area contributed by atoms with Gasteiger partial charge in [-0.1, -0.05) is 23.8 Å². The minimum atomic E-state index is -0.508. The lowest BCUT2D eigenvalue weighted by Gasteiger charge is -2.39. The van der Waals surface area contributed by atoms with Crippen LogP contribution in [0.1, 0.15) is 53.2 Å². The number of benzene rings is 2. The van der Waals surface area contributed by atoms with Gasteiger partial charge in [0.2, 0.25) is 11.8 Å². The van der Waals surface area contributed by atoms with Crippen molar-refractivity contribution < 1.29 is 14.4 Å². The number of hydrogen-bond acceptors (Lipinski definition) is 3. The number of aryl methyl sites for hydroxylation is 1. The van der Waals surface area contributed by atoms with Crippen LogP contribution in [0.5, 0.6) is 0 Å². The molecule has 2 heterocycles. The Morgan fingerprint density at radius 3 is 2.32 bits per heavy atom. The van der Waals surface area contributed by atoms with Gasteiger partial charge in [0.15, 0.2) is 0 Å². The van der Waals surface area contributed by atoms with Gasteiger partial charge < -0.3 is 15.1 Å². The quantitative estimate of drug-likeness (QED) is 0.827. The van der Waals surface area contributed by atoms with Gasteiger partial charge in [0.05, 0.1) is 0 Å².